The molecule has 0 amide bonds. The molecule has 1 fully saturated rings. The van der Waals surface area contributed by atoms with Crippen molar-refractivity contribution in [2.75, 3.05) is 24.6 Å². The highest BCUT2D eigenvalue weighted by atomic mass is 32.2. The van der Waals surface area contributed by atoms with Crippen molar-refractivity contribution in [3.63, 3.8) is 0 Å². The van der Waals surface area contributed by atoms with E-state index >= 15 is 0 Å². The van der Waals surface area contributed by atoms with E-state index in [9.17, 15) is 13.2 Å². The summed E-state index contributed by atoms with van der Waals surface area (Å²) < 4.78 is 23.9. The summed E-state index contributed by atoms with van der Waals surface area (Å²) in [6, 6.07) is 8.26. The van der Waals surface area contributed by atoms with Crippen LogP contribution in [0.1, 0.15) is 80.0 Å². The Morgan fingerprint density at radius 3 is 2.57 bits per heavy atom. The van der Waals surface area contributed by atoms with Crippen LogP contribution in [0.2, 0.25) is 0 Å². The van der Waals surface area contributed by atoms with E-state index in [1.807, 2.05) is 12.1 Å². The van der Waals surface area contributed by atoms with Gasteiger partial charge < -0.3 is 4.98 Å². The van der Waals surface area contributed by atoms with Gasteiger partial charge in [-0.05, 0) is 66.9 Å². The number of H-pyrrole nitrogens is 1. The molecule has 2 aromatic rings. The Kier molecular flexibility index (Phi) is 6.78. The number of aromatic nitrogens is 2. The van der Waals surface area contributed by atoms with Crippen LogP contribution < -0.4 is 0 Å². The van der Waals surface area contributed by atoms with Gasteiger partial charge in [-0.2, -0.15) is 5.26 Å². The van der Waals surface area contributed by atoms with E-state index in [1.54, 1.807) is 0 Å². The largest absolute Gasteiger partial charge is 0.327 e. The number of carbonyl (C=O) groups is 1. The van der Waals surface area contributed by atoms with Crippen molar-refractivity contribution in [3.8, 4) is 6.07 Å². The Balaban J connectivity index is 1.68. The van der Waals surface area contributed by atoms with E-state index in [-0.39, 0.29) is 46.2 Å². The predicted molar refractivity (Wildman–Crippen MR) is 137 cm³/mol. The molecule has 7 nitrogen and oxygen atoms in total. The highest BCUT2D eigenvalue weighted by Gasteiger charge is 2.34. The van der Waals surface area contributed by atoms with Gasteiger partial charge in [0.05, 0.1) is 17.7 Å². The number of nitrogens with one attached hydrogen (secondary N) is 1. The molecule has 1 aromatic heterocycles. The van der Waals surface area contributed by atoms with E-state index in [0.29, 0.717) is 13.1 Å². The van der Waals surface area contributed by atoms with Gasteiger partial charge in [-0.15, -0.1) is 0 Å². The third kappa shape index (κ3) is 5.57. The van der Waals surface area contributed by atoms with Crippen molar-refractivity contribution in [1.29, 1.82) is 5.26 Å². The quantitative estimate of drug-likeness (QED) is 0.601. The van der Waals surface area contributed by atoms with Gasteiger partial charge in [0.25, 0.3) is 0 Å². The molecule has 186 valence electrons. The molecule has 2 aliphatic rings. The lowest BCUT2D eigenvalue weighted by Crippen LogP contribution is -2.49. The second kappa shape index (κ2) is 9.36. The first kappa shape index (κ1) is 25.3. The van der Waals surface area contributed by atoms with Gasteiger partial charge in [-0.25, -0.2) is 13.4 Å². The molecule has 0 bridgehead atoms. The van der Waals surface area contributed by atoms with Crippen LogP contribution in [-0.2, 0) is 21.8 Å². The average molecular weight is 495 g/mol. The lowest BCUT2D eigenvalue weighted by atomic mass is 9.75. The Hall–Kier alpha value is -2.76. The maximum atomic E-state index is 13.0. The Bertz CT molecular complexity index is 1300. The van der Waals surface area contributed by atoms with Gasteiger partial charge in [0.15, 0.2) is 15.7 Å². The maximum absolute atomic E-state index is 13.0. The summed E-state index contributed by atoms with van der Waals surface area (Å²) in [6.45, 7) is 9.86. The number of aromatic amines is 1. The van der Waals surface area contributed by atoms with Gasteiger partial charge in [0.1, 0.15) is 11.8 Å². The molecule has 35 heavy (non-hydrogen) atoms. The number of imidazole rings is 1. The molecule has 0 radical (unpaired) electrons. The van der Waals surface area contributed by atoms with Gasteiger partial charge in [0, 0.05) is 25.0 Å². The number of allylic oxidation sites excluding steroid dienone is 2. The minimum Gasteiger partial charge on any atom is -0.327 e. The van der Waals surface area contributed by atoms with Crippen LogP contribution >= 0.6 is 0 Å². The van der Waals surface area contributed by atoms with Gasteiger partial charge in [0.2, 0.25) is 5.78 Å². The molecular formula is C27H34N4O3S. The number of hydrogen-bond donors (Lipinski definition) is 1. The molecule has 8 heteroatoms. The monoisotopic (exact) mass is 494 g/mol. The molecule has 1 aliphatic carbocycles. The molecule has 1 saturated heterocycles. The van der Waals surface area contributed by atoms with Crippen LogP contribution in [0.5, 0.6) is 0 Å². The smallest absolute Gasteiger partial charge is 0.202 e. The van der Waals surface area contributed by atoms with Crippen molar-refractivity contribution < 1.29 is 13.2 Å². The number of nitriles is 1. The topological polar surface area (TPSA) is 107 Å². The number of rotatable bonds is 6. The van der Waals surface area contributed by atoms with Crippen LogP contribution in [-0.4, -0.2) is 53.7 Å². The molecule has 0 spiro atoms. The summed E-state index contributed by atoms with van der Waals surface area (Å²) in [5.74, 6) is 0.413. The van der Waals surface area contributed by atoms with Crippen molar-refractivity contribution in [2.24, 2.45) is 5.41 Å². The lowest BCUT2D eigenvalue weighted by molar-refractivity contribution is 0.0984. The number of Topliss-reactive ketones (excluding diaryl/α,β-unsaturated/α-hetero) is 1. The third-order valence-electron chi connectivity index (χ3n) is 7.58. The average Bonchev–Trinajstić information content (AvgIpc) is 3.29. The summed E-state index contributed by atoms with van der Waals surface area (Å²) in [6.07, 6.45) is 6.88. The zero-order valence-corrected chi connectivity index (χ0v) is 21.8. The second-order valence-corrected chi connectivity index (χ2v) is 13.3. The first-order valence-electron chi connectivity index (χ1n) is 12.2. The van der Waals surface area contributed by atoms with Crippen molar-refractivity contribution >= 4 is 21.2 Å². The molecule has 1 aliphatic heterocycles. The number of ketones is 1. The Morgan fingerprint density at radius 2 is 1.97 bits per heavy atom. The van der Waals surface area contributed by atoms with Gasteiger partial charge in [-0.1, -0.05) is 32.1 Å². The highest BCUT2D eigenvalue weighted by molar-refractivity contribution is 7.91. The zero-order chi connectivity index (χ0) is 25.4. The molecule has 2 heterocycles. The second-order valence-electron chi connectivity index (χ2n) is 11.0. The fourth-order valence-corrected chi connectivity index (χ4v) is 6.16. The van der Waals surface area contributed by atoms with Crippen LogP contribution in [0, 0.1) is 16.7 Å². The number of nitrogens with zero attached hydrogens (tertiary/aromatic N) is 3. The molecule has 1 N–H and O–H groups in total. The lowest BCUT2D eigenvalue weighted by Gasteiger charge is -2.41. The number of benzene rings is 1. The number of sulfone groups is 1. The summed E-state index contributed by atoms with van der Waals surface area (Å²) in [7, 11) is -2.96. The molecule has 0 unspecified atom stereocenters. The molecule has 4 rings (SSSR count). The van der Waals surface area contributed by atoms with Crippen LogP contribution in [0.4, 0.5) is 0 Å². The van der Waals surface area contributed by atoms with Gasteiger partial charge in [-0.3, -0.25) is 9.69 Å². The normalized spacial score (nSPS) is 20.1. The van der Waals surface area contributed by atoms with Crippen molar-refractivity contribution in [1.82, 2.24) is 14.9 Å². The van der Waals surface area contributed by atoms with Crippen molar-refractivity contribution in [3.05, 3.63) is 58.7 Å². The van der Waals surface area contributed by atoms with Crippen molar-refractivity contribution in [2.45, 2.75) is 58.9 Å². The summed E-state index contributed by atoms with van der Waals surface area (Å²) in [5, 5.41) is 9.04. The van der Waals surface area contributed by atoms with Crippen LogP contribution in [0.25, 0.3) is 5.57 Å². The van der Waals surface area contributed by atoms with E-state index in [4.69, 9.17) is 5.26 Å². The molecule has 0 atom stereocenters. The Labute approximate surface area is 208 Å². The van der Waals surface area contributed by atoms with E-state index in [0.717, 1.165) is 36.0 Å². The minimum absolute atomic E-state index is 0.155. The maximum Gasteiger partial charge on any atom is 0.202 e. The molecule has 0 saturated carbocycles. The zero-order valence-electron chi connectivity index (χ0n) is 21.0. The standard InChI is InChI=1S/C27H34N4O3S/c1-26(2)9-7-19(8-10-26)23-16-21(27(3,4)31-11-13-35(33,34)14-12-31)6-5-20(23)15-24(32)25-29-18-22(17-28)30-25/h5-7,16,18H,8-15H2,1-4H3,(H,29,30). The minimum atomic E-state index is -2.96. The fraction of sp³-hybridized carbons (Fsp3) is 0.519. The first-order valence-corrected chi connectivity index (χ1v) is 14.0. The third-order valence-corrected chi connectivity index (χ3v) is 9.19. The van der Waals surface area contributed by atoms with Crippen LogP contribution in [0.3, 0.4) is 0 Å². The summed E-state index contributed by atoms with van der Waals surface area (Å²) >= 11 is 0. The number of carbonyl (C=O) groups excluding carboxylic acids is 1. The molecular weight excluding hydrogens is 460 g/mol. The van der Waals surface area contributed by atoms with E-state index < -0.39 is 9.84 Å². The predicted octanol–water partition coefficient (Wildman–Crippen LogP) is 4.27. The van der Waals surface area contributed by atoms with E-state index in [2.05, 4.69) is 60.8 Å². The SMILES string of the molecule is CC1(C)CC=C(c2cc(C(C)(C)N3CCS(=O)(=O)CC3)ccc2CC(=O)c2ncc(C#N)[nH]2)CC1. The fourth-order valence-electron chi connectivity index (χ4n) is 4.96. The van der Waals surface area contributed by atoms with Gasteiger partial charge >= 0.3 is 0 Å². The Morgan fingerprint density at radius 1 is 1.26 bits per heavy atom. The summed E-state index contributed by atoms with van der Waals surface area (Å²) in [5.41, 5.74) is 4.57. The number of hydrogen-bond acceptors (Lipinski definition) is 6. The first-order chi connectivity index (χ1) is 16.4. The van der Waals surface area contributed by atoms with Crippen LogP contribution in [0.15, 0.2) is 30.5 Å². The van der Waals surface area contributed by atoms with E-state index in [1.165, 1.54) is 11.8 Å². The molecule has 1 aromatic carbocycles. The highest BCUT2D eigenvalue weighted by Crippen LogP contribution is 2.40. The summed E-state index contributed by atoms with van der Waals surface area (Å²) in [4.78, 5) is 22.1.